The molecular weight excluding hydrogens is 218 g/mol. The van der Waals surface area contributed by atoms with Gasteiger partial charge in [0.2, 0.25) is 11.8 Å². The number of rotatable bonds is 4. The van der Waals surface area contributed by atoms with Crippen LogP contribution in [0.3, 0.4) is 0 Å². The number of nitrogens with one attached hydrogen (secondary N) is 3. The molecule has 5 nitrogen and oxygen atoms in total. The van der Waals surface area contributed by atoms with Crippen molar-refractivity contribution in [2.45, 2.75) is 57.2 Å². The van der Waals surface area contributed by atoms with Gasteiger partial charge in [0.05, 0.1) is 12.6 Å². The van der Waals surface area contributed by atoms with Crippen molar-refractivity contribution >= 4 is 11.8 Å². The van der Waals surface area contributed by atoms with Gasteiger partial charge in [-0.3, -0.25) is 9.59 Å². The first-order valence-corrected chi connectivity index (χ1v) is 6.48. The minimum absolute atomic E-state index is 0.0532. The highest BCUT2D eigenvalue weighted by molar-refractivity contribution is 5.87. The molecule has 2 atom stereocenters. The molecule has 1 aliphatic heterocycles. The number of piperidine rings is 1. The molecule has 96 valence electrons. The van der Waals surface area contributed by atoms with Crippen molar-refractivity contribution in [1.82, 2.24) is 16.0 Å². The van der Waals surface area contributed by atoms with E-state index in [4.69, 9.17) is 0 Å². The van der Waals surface area contributed by atoms with Gasteiger partial charge in [-0.1, -0.05) is 0 Å². The van der Waals surface area contributed by atoms with Crippen LogP contribution >= 0.6 is 0 Å². The summed E-state index contributed by atoms with van der Waals surface area (Å²) >= 11 is 0. The molecule has 1 heterocycles. The van der Waals surface area contributed by atoms with Gasteiger partial charge in [0.25, 0.3) is 0 Å². The predicted octanol–water partition coefficient (Wildman–Crippen LogP) is -0.0882. The van der Waals surface area contributed by atoms with E-state index in [9.17, 15) is 9.59 Å². The fraction of sp³-hybridized carbons (Fsp3) is 0.833. The fourth-order valence-corrected chi connectivity index (χ4v) is 2.14. The Morgan fingerprint density at radius 1 is 1.24 bits per heavy atom. The molecular formula is C12H21N3O2. The molecule has 2 fully saturated rings. The second-order valence-electron chi connectivity index (χ2n) is 5.11. The second kappa shape index (κ2) is 5.49. The van der Waals surface area contributed by atoms with Crippen molar-refractivity contribution in [2.24, 2.45) is 0 Å². The zero-order valence-corrected chi connectivity index (χ0v) is 10.3. The first-order valence-electron chi connectivity index (χ1n) is 6.48. The van der Waals surface area contributed by atoms with Gasteiger partial charge >= 0.3 is 0 Å². The number of hydrogen-bond acceptors (Lipinski definition) is 3. The summed E-state index contributed by atoms with van der Waals surface area (Å²) in [6.45, 7) is 2.18. The Bertz CT molecular complexity index is 302. The van der Waals surface area contributed by atoms with Gasteiger partial charge in [-0.2, -0.15) is 0 Å². The molecule has 0 bridgehead atoms. The molecule has 1 aliphatic carbocycles. The molecule has 5 heteroatoms. The van der Waals surface area contributed by atoms with Crippen LogP contribution in [-0.4, -0.2) is 36.5 Å². The minimum atomic E-state index is -0.132. The minimum Gasteiger partial charge on any atom is -0.352 e. The van der Waals surface area contributed by atoms with Crippen LogP contribution in [0.15, 0.2) is 0 Å². The van der Waals surface area contributed by atoms with Crippen molar-refractivity contribution in [3.63, 3.8) is 0 Å². The summed E-state index contributed by atoms with van der Waals surface area (Å²) in [5.41, 5.74) is 0. The van der Waals surface area contributed by atoms with Gasteiger partial charge in [0.15, 0.2) is 0 Å². The Kier molecular flexibility index (Phi) is 3.99. The molecule has 2 rings (SSSR count). The summed E-state index contributed by atoms with van der Waals surface area (Å²) < 4.78 is 0. The predicted molar refractivity (Wildman–Crippen MR) is 64.4 cm³/mol. The average Bonchev–Trinajstić information content (AvgIpc) is 3.10. The molecule has 17 heavy (non-hydrogen) atoms. The zero-order valence-electron chi connectivity index (χ0n) is 10.3. The van der Waals surface area contributed by atoms with Gasteiger partial charge in [-0.15, -0.1) is 0 Å². The largest absolute Gasteiger partial charge is 0.352 e. The maximum absolute atomic E-state index is 11.8. The SMILES string of the molecule is CC1CCCC(C(=O)NCC(=O)NC2CC2)N1. The molecule has 1 saturated heterocycles. The third kappa shape index (κ3) is 4.00. The summed E-state index contributed by atoms with van der Waals surface area (Å²) in [5, 5.41) is 8.79. The first kappa shape index (κ1) is 12.4. The zero-order chi connectivity index (χ0) is 12.3. The van der Waals surface area contributed by atoms with Gasteiger partial charge in [-0.25, -0.2) is 0 Å². The van der Waals surface area contributed by atoms with Crippen molar-refractivity contribution < 1.29 is 9.59 Å². The summed E-state index contributed by atoms with van der Waals surface area (Å²) in [6, 6.07) is 0.611. The lowest BCUT2D eigenvalue weighted by atomic mass is 9.99. The highest BCUT2D eigenvalue weighted by Gasteiger charge is 2.26. The van der Waals surface area contributed by atoms with E-state index in [1.54, 1.807) is 0 Å². The van der Waals surface area contributed by atoms with Crippen molar-refractivity contribution in [3.05, 3.63) is 0 Å². The molecule has 0 radical (unpaired) electrons. The highest BCUT2D eigenvalue weighted by Crippen LogP contribution is 2.18. The number of carbonyl (C=O) groups is 2. The lowest BCUT2D eigenvalue weighted by Gasteiger charge is -2.27. The van der Waals surface area contributed by atoms with Gasteiger partial charge in [0.1, 0.15) is 0 Å². The van der Waals surface area contributed by atoms with E-state index in [1.165, 1.54) is 0 Å². The molecule has 0 aromatic rings. The smallest absolute Gasteiger partial charge is 0.239 e. The maximum atomic E-state index is 11.8. The molecule has 3 N–H and O–H groups in total. The quantitative estimate of drug-likeness (QED) is 0.642. The van der Waals surface area contributed by atoms with Crippen LogP contribution < -0.4 is 16.0 Å². The lowest BCUT2D eigenvalue weighted by Crippen LogP contribution is -2.51. The summed E-state index contributed by atoms with van der Waals surface area (Å²) in [7, 11) is 0. The third-order valence-electron chi connectivity index (χ3n) is 3.30. The van der Waals surface area contributed by atoms with Crippen LogP contribution in [0, 0.1) is 0 Å². The van der Waals surface area contributed by atoms with Crippen LogP contribution in [0.1, 0.15) is 39.0 Å². The average molecular weight is 239 g/mol. The summed E-state index contributed by atoms with van der Waals surface area (Å²) in [4.78, 5) is 23.2. The number of carbonyl (C=O) groups excluding carboxylic acids is 2. The summed E-state index contributed by atoms with van der Waals surface area (Å²) in [5.74, 6) is -0.132. The topological polar surface area (TPSA) is 70.2 Å². The normalized spacial score (nSPS) is 28.5. The van der Waals surface area contributed by atoms with E-state index in [1.807, 2.05) is 0 Å². The van der Waals surface area contributed by atoms with E-state index >= 15 is 0 Å². The first-order chi connectivity index (χ1) is 8.15. The summed E-state index contributed by atoms with van der Waals surface area (Å²) in [6.07, 6.45) is 5.19. The fourth-order valence-electron chi connectivity index (χ4n) is 2.14. The molecule has 2 amide bonds. The van der Waals surface area contributed by atoms with E-state index in [0.29, 0.717) is 12.1 Å². The van der Waals surface area contributed by atoms with Crippen LogP contribution in [0.5, 0.6) is 0 Å². The molecule has 0 aromatic heterocycles. The van der Waals surface area contributed by atoms with E-state index in [2.05, 4.69) is 22.9 Å². The van der Waals surface area contributed by atoms with E-state index < -0.39 is 0 Å². The number of hydrogen-bond donors (Lipinski definition) is 3. The van der Waals surface area contributed by atoms with Gasteiger partial charge in [-0.05, 0) is 39.0 Å². The molecule has 0 aromatic carbocycles. The van der Waals surface area contributed by atoms with Gasteiger partial charge in [0, 0.05) is 12.1 Å². The lowest BCUT2D eigenvalue weighted by molar-refractivity contribution is -0.127. The van der Waals surface area contributed by atoms with Crippen molar-refractivity contribution in [1.29, 1.82) is 0 Å². The van der Waals surface area contributed by atoms with E-state index in [0.717, 1.165) is 32.1 Å². The second-order valence-corrected chi connectivity index (χ2v) is 5.11. The molecule has 2 aliphatic rings. The molecule has 2 unspecified atom stereocenters. The van der Waals surface area contributed by atoms with Crippen molar-refractivity contribution in [2.75, 3.05) is 6.54 Å². The Morgan fingerprint density at radius 3 is 2.65 bits per heavy atom. The number of amides is 2. The Morgan fingerprint density at radius 2 is 2.00 bits per heavy atom. The standard InChI is InChI=1S/C12H21N3O2/c1-8-3-2-4-10(14-8)12(17)13-7-11(16)15-9-5-6-9/h8-10,14H,2-7H2,1H3,(H,13,17)(H,15,16). The Balaban J connectivity index is 1.66. The van der Waals surface area contributed by atoms with Gasteiger partial charge < -0.3 is 16.0 Å². The highest BCUT2D eigenvalue weighted by atomic mass is 16.2. The van der Waals surface area contributed by atoms with E-state index in [-0.39, 0.29) is 24.4 Å². The maximum Gasteiger partial charge on any atom is 0.239 e. The molecule has 1 saturated carbocycles. The third-order valence-corrected chi connectivity index (χ3v) is 3.30. The van der Waals surface area contributed by atoms with Crippen molar-refractivity contribution in [3.8, 4) is 0 Å². The Hall–Kier alpha value is -1.10. The van der Waals surface area contributed by atoms with Crippen LogP contribution in [0.4, 0.5) is 0 Å². The van der Waals surface area contributed by atoms with Crippen LogP contribution in [0.25, 0.3) is 0 Å². The van der Waals surface area contributed by atoms with Crippen LogP contribution in [-0.2, 0) is 9.59 Å². The van der Waals surface area contributed by atoms with Crippen LogP contribution in [0.2, 0.25) is 0 Å². The molecule has 0 spiro atoms. The Labute approximate surface area is 102 Å². The monoisotopic (exact) mass is 239 g/mol.